The van der Waals surface area contributed by atoms with Gasteiger partial charge in [-0.25, -0.2) is 4.39 Å². The fourth-order valence-electron chi connectivity index (χ4n) is 1.61. The molecule has 1 atom stereocenters. The summed E-state index contributed by atoms with van der Waals surface area (Å²) in [6.45, 7) is 8.11. The zero-order valence-corrected chi connectivity index (χ0v) is 16.2. The van der Waals surface area contributed by atoms with Crippen LogP contribution in [0.25, 0.3) is 0 Å². The van der Waals surface area contributed by atoms with Crippen LogP contribution in [0.5, 0.6) is 5.75 Å². The summed E-state index contributed by atoms with van der Waals surface area (Å²) < 4.78 is 18.2. The number of aliphatic hydroxyl groups is 1. The standard InChI is InChI=1S/C16H26FN3O2.HI/c1-4-18-16(19-9-12(2)3)20-10-14(21)11-22-15-7-5-13(17)6-8-15;/h5-8,12,14,21H,4,9-11H2,1-3H3,(H2,18,19,20);1H. The van der Waals surface area contributed by atoms with Crippen LogP contribution in [0, 0.1) is 11.7 Å². The first-order chi connectivity index (χ1) is 10.5. The summed E-state index contributed by atoms with van der Waals surface area (Å²) >= 11 is 0. The van der Waals surface area contributed by atoms with E-state index in [1.54, 1.807) is 0 Å². The maximum absolute atomic E-state index is 12.8. The third-order valence-electron chi connectivity index (χ3n) is 2.72. The molecule has 23 heavy (non-hydrogen) atoms. The Labute approximate surface area is 154 Å². The van der Waals surface area contributed by atoms with Gasteiger partial charge in [-0.1, -0.05) is 13.8 Å². The predicted molar refractivity (Wildman–Crippen MR) is 102 cm³/mol. The second-order valence-electron chi connectivity index (χ2n) is 5.41. The third-order valence-corrected chi connectivity index (χ3v) is 2.72. The van der Waals surface area contributed by atoms with Gasteiger partial charge in [0.15, 0.2) is 5.96 Å². The van der Waals surface area contributed by atoms with Crippen molar-refractivity contribution in [2.24, 2.45) is 10.9 Å². The minimum atomic E-state index is -0.687. The summed E-state index contributed by atoms with van der Waals surface area (Å²) in [6, 6.07) is 5.71. The second-order valence-corrected chi connectivity index (χ2v) is 5.41. The van der Waals surface area contributed by atoms with Gasteiger partial charge in [-0.05, 0) is 37.1 Å². The van der Waals surface area contributed by atoms with Crippen LogP contribution in [0.15, 0.2) is 29.3 Å². The molecule has 0 saturated carbocycles. The van der Waals surface area contributed by atoms with Crippen molar-refractivity contribution < 1.29 is 14.2 Å². The van der Waals surface area contributed by atoms with Gasteiger partial charge in [-0.3, -0.25) is 4.99 Å². The van der Waals surface area contributed by atoms with Crippen LogP contribution in [0.2, 0.25) is 0 Å². The Balaban J connectivity index is 0.00000484. The van der Waals surface area contributed by atoms with E-state index in [4.69, 9.17) is 4.74 Å². The molecule has 132 valence electrons. The summed E-state index contributed by atoms with van der Waals surface area (Å²) in [5.74, 6) is 1.37. The van der Waals surface area contributed by atoms with Crippen LogP contribution in [0.1, 0.15) is 20.8 Å². The van der Waals surface area contributed by atoms with Crippen LogP contribution in [0.3, 0.4) is 0 Å². The zero-order chi connectivity index (χ0) is 16.4. The average Bonchev–Trinajstić information content (AvgIpc) is 2.49. The summed E-state index contributed by atoms with van der Waals surface area (Å²) in [7, 11) is 0. The summed E-state index contributed by atoms with van der Waals surface area (Å²) in [5, 5.41) is 16.1. The minimum Gasteiger partial charge on any atom is -0.491 e. The molecular formula is C16H27FIN3O2. The van der Waals surface area contributed by atoms with Gasteiger partial charge in [0.1, 0.15) is 24.3 Å². The molecule has 0 radical (unpaired) electrons. The van der Waals surface area contributed by atoms with Crippen molar-refractivity contribution in [3.8, 4) is 5.75 Å². The fraction of sp³-hybridized carbons (Fsp3) is 0.562. The Morgan fingerprint density at radius 1 is 1.26 bits per heavy atom. The lowest BCUT2D eigenvalue weighted by molar-refractivity contribution is 0.110. The monoisotopic (exact) mass is 439 g/mol. The Bertz CT molecular complexity index is 455. The molecule has 0 aliphatic heterocycles. The number of halogens is 2. The fourth-order valence-corrected chi connectivity index (χ4v) is 1.61. The van der Waals surface area contributed by atoms with E-state index in [1.807, 2.05) is 6.92 Å². The molecule has 0 heterocycles. The van der Waals surface area contributed by atoms with Gasteiger partial charge in [0.2, 0.25) is 0 Å². The Morgan fingerprint density at radius 2 is 1.91 bits per heavy atom. The first-order valence-corrected chi connectivity index (χ1v) is 7.59. The highest BCUT2D eigenvalue weighted by Crippen LogP contribution is 2.11. The van der Waals surface area contributed by atoms with Crippen LogP contribution in [-0.4, -0.2) is 43.4 Å². The summed E-state index contributed by atoms with van der Waals surface area (Å²) in [6.07, 6.45) is -0.687. The first kappa shape index (κ1) is 21.9. The van der Waals surface area contributed by atoms with Crippen molar-refractivity contribution in [1.29, 1.82) is 0 Å². The van der Waals surface area contributed by atoms with Crippen molar-refractivity contribution in [3.63, 3.8) is 0 Å². The number of hydrogen-bond acceptors (Lipinski definition) is 3. The highest BCUT2D eigenvalue weighted by molar-refractivity contribution is 14.0. The van der Waals surface area contributed by atoms with Gasteiger partial charge in [0.05, 0.1) is 0 Å². The van der Waals surface area contributed by atoms with E-state index < -0.39 is 6.10 Å². The molecule has 1 aromatic rings. The molecule has 0 bridgehead atoms. The van der Waals surface area contributed by atoms with E-state index in [-0.39, 0.29) is 36.4 Å². The Morgan fingerprint density at radius 3 is 2.48 bits per heavy atom. The number of hydrogen-bond donors (Lipinski definition) is 3. The van der Waals surface area contributed by atoms with Crippen LogP contribution < -0.4 is 15.4 Å². The molecule has 0 aliphatic carbocycles. The topological polar surface area (TPSA) is 65.9 Å². The molecule has 0 spiro atoms. The maximum Gasteiger partial charge on any atom is 0.191 e. The number of rotatable bonds is 8. The molecule has 7 heteroatoms. The smallest absolute Gasteiger partial charge is 0.191 e. The molecule has 3 N–H and O–H groups in total. The van der Waals surface area contributed by atoms with Crippen molar-refractivity contribution in [2.75, 3.05) is 26.2 Å². The molecule has 0 amide bonds. The van der Waals surface area contributed by atoms with Crippen molar-refractivity contribution >= 4 is 29.9 Å². The molecule has 0 aromatic heterocycles. The van der Waals surface area contributed by atoms with Crippen LogP contribution in [-0.2, 0) is 0 Å². The lowest BCUT2D eigenvalue weighted by Crippen LogP contribution is -2.42. The molecular weight excluding hydrogens is 412 g/mol. The molecule has 0 aliphatic rings. The number of nitrogens with one attached hydrogen (secondary N) is 2. The van der Waals surface area contributed by atoms with E-state index in [0.29, 0.717) is 24.2 Å². The van der Waals surface area contributed by atoms with E-state index in [1.165, 1.54) is 24.3 Å². The van der Waals surface area contributed by atoms with Crippen molar-refractivity contribution in [2.45, 2.75) is 26.9 Å². The SMILES string of the molecule is CCNC(=NCC(C)C)NCC(O)COc1ccc(F)cc1.I. The molecule has 0 saturated heterocycles. The van der Waals surface area contributed by atoms with E-state index in [2.05, 4.69) is 29.5 Å². The predicted octanol–water partition coefficient (Wildman–Crippen LogP) is 2.39. The average molecular weight is 439 g/mol. The van der Waals surface area contributed by atoms with Gasteiger partial charge >= 0.3 is 0 Å². The Hall–Kier alpha value is -1.09. The Kier molecular flexibility index (Phi) is 11.8. The van der Waals surface area contributed by atoms with E-state index in [9.17, 15) is 9.50 Å². The number of nitrogens with zero attached hydrogens (tertiary/aromatic N) is 1. The highest BCUT2D eigenvalue weighted by atomic mass is 127. The minimum absolute atomic E-state index is 0. The lowest BCUT2D eigenvalue weighted by Gasteiger charge is -2.16. The second kappa shape index (κ2) is 12.3. The normalized spacial score (nSPS) is 12.5. The van der Waals surface area contributed by atoms with Crippen LogP contribution in [0.4, 0.5) is 4.39 Å². The molecule has 0 fully saturated rings. The van der Waals surface area contributed by atoms with Gasteiger partial charge in [-0.2, -0.15) is 0 Å². The van der Waals surface area contributed by atoms with Crippen LogP contribution >= 0.6 is 24.0 Å². The maximum atomic E-state index is 12.8. The third kappa shape index (κ3) is 10.3. The van der Waals surface area contributed by atoms with E-state index in [0.717, 1.165) is 13.1 Å². The number of benzene rings is 1. The number of ether oxygens (including phenoxy) is 1. The summed E-state index contributed by atoms with van der Waals surface area (Å²) in [5.41, 5.74) is 0. The van der Waals surface area contributed by atoms with Crippen molar-refractivity contribution in [1.82, 2.24) is 10.6 Å². The molecule has 1 aromatic carbocycles. The largest absolute Gasteiger partial charge is 0.491 e. The number of aliphatic imine (C=N–C) groups is 1. The van der Waals surface area contributed by atoms with Gasteiger partial charge in [0, 0.05) is 19.6 Å². The number of guanidine groups is 1. The van der Waals surface area contributed by atoms with Gasteiger partial charge in [-0.15, -0.1) is 24.0 Å². The molecule has 1 rings (SSSR count). The van der Waals surface area contributed by atoms with Gasteiger partial charge in [0.25, 0.3) is 0 Å². The van der Waals surface area contributed by atoms with E-state index >= 15 is 0 Å². The highest BCUT2D eigenvalue weighted by Gasteiger charge is 2.07. The first-order valence-electron chi connectivity index (χ1n) is 7.59. The van der Waals surface area contributed by atoms with Crippen molar-refractivity contribution in [3.05, 3.63) is 30.1 Å². The quantitative estimate of drug-likeness (QED) is 0.331. The zero-order valence-electron chi connectivity index (χ0n) is 13.9. The molecule has 5 nitrogen and oxygen atoms in total. The number of aliphatic hydroxyl groups excluding tert-OH is 1. The van der Waals surface area contributed by atoms with Gasteiger partial charge < -0.3 is 20.5 Å². The lowest BCUT2D eigenvalue weighted by atomic mass is 10.2. The summed E-state index contributed by atoms with van der Waals surface area (Å²) in [4.78, 5) is 4.41. The molecule has 1 unspecified atom stereocenters.